The molecule has 0 unspecified atom stereocenters. The Bertz CT molecular complexity index is 1590. The number of fused-ring (bicyclic) bond motifs is 1. The summed E-state index contributed by atoms with van der Waals surface area (Å²) in [6.45, 7) is 0. The molecule has 1 heterocycles. The van der Waals surface area contributed by atoms with Crippen molar-refractivity contribution in [3.05, 3.63) is 89.2 Å². The summed E-state index contributed by atoms with van der Waals surface area (Å²) in [5, 5.41) is 10.7. The minimum Gasteiger partial charge on any atom is -0.507 e. The summed E-state index contributed by atoms with van der Waals surface area (Å²) in [4.78, 5) is 4.19. The number of hydrogen-bond acceptors (Lipinski definition) is 4. The van der Waals surface area contributed by atoms with Gasteiger partial charge < -0.3 is 15.3 Å². The molecule has 0 amide bonds. The number of halogens is 5. The molecule has 0 saturated carbocycles. The highest BCUT2D eigenvalue weighted by molar-refractivity contribution is 6.33. The molecule has 0 aliphatic heterocycles. The van der Waals surface area contributed by atoms with Crippen LogP contribution < -0.4 is 5.73 Å². The van der Waals surface area contributed by atoms with Gasteiger partial charge in [-0.2, -0.15) is 13.2 Å². The largest absolute Gasteiger partial charge is 0.507 e. The van der Waals surface area contributed by atoms with E-state index in [1.165, 1.54) is 18.2 Å². The van der Waals surface area contributed by atoms with Crippen molar-refractivity contribution in [3.8, 4) is 39.5 Å². The zero-order valence-corrected chi connectivity index (χ0v) is 18.5. The van der Waals surface area contributed by atoms with Crippen LogP contribution in [-0.2, 0) is 6.18 Å². The van der Waals surface area contributed by atoms with Gasteiger partial charge in [-0.1, -0.05) is 29.8 Å². The van der Waals surface area contributed by atoms with Crippen molar-refractivity contribution in [2.24, 2.45) is 0 Å². The van der Waals surface area contributed by atoms with Gasteiger partial charge in [0.05, 0.1) is 10.6 Å². The molecule has 0 atom stereocenters. The fraction of sp³-hybridized carbons (Fsp3) is 0.0385. The molecule has 0 spiro atoms. The number of nitrogen functional groups attached to an aromatic ring is 1. The number of alkyl halides is 3. The first-order valence-electron chi connectivity index (χ1n) is 10.3. The Morgan fingerprint density at radius 1 is 0.857 bits per heavy atom. The molecule has 0 aliphatic carbocycles. The van der Waals surface area contributed by atoms with Gasteiger partial charge in [0.15, 0.2) is 5.58 Å². The van der Waals surface area contributed by atoms with Gasteiger partial charge in [0.1, 0.15) is 17.1 Å². The van der Waals surface area contributed by atoms with Crippen LogP contribution in [0.15, 0.2) is 77.2 Å². The normalized spacial score (nSPS) is 11.8. The number of oxazole rings is 1. The zero-order valence-electron chi connectivity index (χ0n) is 17.7. The Kier molecular flexibility index (Phi) is 5.40. The SMILES string of the molecule is Nc1ccc(-c2cc(-c3cccc(-c4nc5cc(C(F)(F)F)ccc5o4)c3)c(O)cc2F)c(Cl)c1. The summed E-state index contributed by atoms with van der Waals surface area (Å²) in [5.74, 6) is -0.875. The van der Waals surface area contributed by atoms with Crippen molar-refractivity contribution < 1.29 is 27.1 Å². The molecule has 5 aromatic rings. The summed E-state index contributed by atoms with van der Waals surface area (Å²) in [5.41, 5.74) is 7.42. The average molecular weight is 499 g/mol. The molecule has 0 saturated heterocycles. The number of aromatic hydroxyl groups is 1. The van der Waals surface area contributed by atoms with Crippen LogP contribution in [0.4, 0.5) is 23.2 Å². The smallest absolute Gasteiger partial charge is 0.416 e. The minimum absolute atomic E-state index is 0.0603. The molecule has 176 valence electrons. The maximum atomic E-state index is 14.7. The Labute approximate surface area is 201 Å². The lowest BCUT2D eigenvalue weighted by Crippen LogP contribution is -2.03. The van der Waals surface area contributed by atoms with Gasteiger partial charge in [-0.15, -0.1) is 0 Å². The van der Waals surface area contributed by atoms with Crippen molar-refractivity contribution >= 4 is 28.4 Å². The molecule has 9 heteroatoms. The third-order valence-corrected chi connectivity index (χ3v) is 5.82. The molecule has 0 fully saturated rings. The third-order valence-electron chi connectivity index (χ3n) is 5.50. The second kappa shape index (κ2) is 8.32. The molecule has 4 aromatic carbocycles. The van der Waals surface area contributed by atoms with Gasteiger partial charge in [0.2, 0.25) is 5.89 Å². The van der Waals surface area contributed by atoms with Crippen LogP contribution in [0.1, 0.15) is 5.56 Å². The van der Waals surface area contributed by atoms with Crippen LogP contribution in [0.3, 0.4) is 0 Å². The fourth-order valence-electron chi connectivity index (χ4n) is 3.80. The van der Waals surface area contributed by atoms with Crippen molar-refractivity contribution in [2.75, 3.05) is 5.73 Å². The predicted octanol–water partition coefficient (Wildman–Crippen LogP) is 7.93. The second-order valence-corrected chi connectivity index (χ2v) is 8.28. The Morgan fingerprint density at radius 3 is 2.37 bits per heavy atom. The van der Waals surface area contributed by atoms with Crippen molar-refractivity contribution in [1.29, 1.82) is 0 Å². The number of anilines is 1. The average Bonchev–Trinajstić information content (AvgIpc) is 3.23. The number of rotatable bonds is 3. The topological polar surface area (TPSA) is 72.3 Å². The molecule has 3 N–H and O–H groups in total. The number of benzene rings is 4. The molecule has 35 heavy (non-hydrogen) atoms. The summed E-state index contributed by atoms with van der Waals surface area (Å²) >= 11 is 6.26. The van der Waals surface area contributed by atoms with Gasteiger partial charge >= 0.3 is 6.18 Å². The summed E-state index contributed by atoms with van der Waals surface area (Å²) in [6, 6.07) is 16.8. The predicted molar refractivity (Wildman–Crippen MR) is 126 cm³/mol. The highest BCUT2D eigenvalue weighted by Crippen LogP contribution is 2.40. The van der Waals surface area contributed by atoms with Crippen LogP contribution in [0.25, 0.3) is 44.8 Å². The first-order valence-corrected chi connectivity index (χ1v) is 10.6. The van der Waals surface area contributed by atoms with E-state index in [2.05, 4.69) is 4.98 Å². The molecular weight excluding hydrogens is 484 g/mol. The Hall–Kier alpha value is -4.04. The molecule has 0 aliphatic rings. The number of nitrogens with two attached hydrogens (primary N) is 1. The second-order valence-electron chi connectivity index (χ2n) is 7.87. The highest BCUT2D eigenvalue weighted by Gasteiger charge is 2.31. The van der Waals surface area contributed by atoms with E-state index in [0.29, 0.717) is 27.9 Å². The van der Waals surface area contributed by atoms with E-state index in [-0.39, 0.29) is 33.3 Å². The molecule has 0 radical (unpaired) electrons. The van der Waals surface area contributed by atoms with Gasteiger partial charge in [0.25, 0.3) is 0 Å². The molecular formula is C26H15ClF4N2O2. The molecule has 5 rings (SSSR count). The lowest BCUT2D eigenvalue weighted by atomic mass is 9.96. The van der Waals surface area contributed by atoms with Crippen molar-refractivity contribution in [2.45, 2.75) is 6.18 Å². The fourth-order valence-corrected chi connectivity index (χ4v) is 4.09. The quantitative estimate of drug-likeness (QED) is 0.196. The van der Waals surface area contributed by atoms with Crippen LogP contribution >= 0.6 is 11.6 Å². The standard InChI is InChI=1S/C26H15ClF4N2O2/c27-20-10-16(32)5-6-17(20)19-11-18(23(34)12-21(19)28)13-2-1-3-14(8-13)25-33-22-9-15(26(29,30)31)4-7-24(22)35-25/h1-12,34H,32H2. The van der Waals surface area contributed by atoms with E-state index in [0.717, 1.165) is 18.2 Å². The lowest BCUT2D eigenvalue weighted by molar-refractivity contribution is -0.137. The van der Waals surface area contributed by atoms with Gasteiger partial charge in [0, 0.05) is 34.0 Å². The van der Waals surface area contributed by atoms with E-state index < -0.39 is 17.6 Å². The Morgan fingerprint density at radius 2 is 1.63 bits per heavy atom. The monoisotopic (exact) mass is 498 g/mol. The molecule has 4 nitrogen and oxygen atoms in total. The van der Waals surface area contributed by atoms with E-state index >= 15 is 0 Å². The zero-order chi connectivity index (χ0) is 24.9. The first-order chi connectivity index (χ1) is 16.6. The maximum absolute atomic E-state index is 14.7. The van der Waals surface area contributed by atoms with E-state index in [9.17, 15) is 22.7 Å². The van der Waals surface area contributed by atoms with Crippen LogP contribution in [0.2, 0.25) is 5.02 Å². The minimum atomic E-state index is -4.50. The maximum Gasteiger partial charge on any atom is 0.416 e. The van der Waals surface area contributed by atoms with Crippen molar-refractivity contribution in [1.82, 2.24) is 4.98 Å². The van der Waals surface area contributed by atoms with Gasteiger partial charge in [-0.3, -0.25) is 0 Å². The summed E-state index contributed by atoms with van der Waals surface area (Å²) in [7, 11) is 0. The van der Waals surface area contributed by atoms with E-state index in [1.807, 2.05) is 0 Å². The number of nitrogens with zero attached hydrogens (tertiary/aromatic N) is 1. The van der Waals surface area contributed by atoms with Crippen LogP contribution in [0, 0.1) is 5.82 Å². The molecule has 1 aromatic heterocycles. The first kappa shape index (κ1) is 22.7. The number of hydrogen-bond donors (Lipinski definition) is 2. The number of phenolic OH excluding ortho intramolecular Hbond substituents is 1. The summed E-state index contributed by atoms with van der Waals surface area (Å²) in [6.07, 6.45) is -4.50. The van der Waals surface area contributed by atoms with E-state index in [4.69, 9.17) is 21.8 Å². The molecule has 0 bridgehead atoms. The number of aromatic nitrogens is 1. The van der Waals surface area contributed by atoms with Gasteiger partial charge in [-0.05, 0) is 54.1 Å². The van der Waals surface area contributed by atoms with E-state index in [1.54, 1.807) is 36.4 Å². The van der Waals surface area contributed by atoms with Crippen molar-refractivity contribution in [3.63, 3.8) is 0 Å². The Balaban J connectivity index is 1.59. The highest BCUT2D eigenvalue weighted by atomic mass is 35.5. The van der Waals surface area contributed by atoms with Gasteiger partial charge in [-0.25, -0.2) is 9.37 Å². The summed E-state index contributed by atoms with van der Waals surface area (Å²) < 4.78 is 59.5. The third kappa shape index (κ3) is 4.28. The lowest BCUT2D eigenvalue weighted by Gasteiger charge is -2.12. The van der Waals surface area contributed by atoms with Crippen LogP contribution in [0.5, 0.6) is 5.75 Å². The van der Waals surface area contributed by atoms with Crippen LogP contribution in [-0.4, -0.2) is 10.1 Å². The number of phenols is 1.